The van der Waals surface area contributed by atoms with Crippen molar-refractivity contribution < 1.29 is 9.90 Å². The lowest BCUT2D eigenvalue weighted by Crippen LogP contribution is -2.36. The van der Waals surface area contributed by atoms with E-state index in [1.165, 1.54) is 6.20 Å². The molecule has 0 saturated carbocycles. The molecule has 1 aliphatic rings. The van der Waals surface area contributed by atoms with E-state index in [-0.39, 0.29) is 11.8 Å². The Morgan fingerprint density at radius 3 is 2.89 bits per heavy atom. The third-order valence-electron chi connectivity index (χ3n) is 3.65. The molecule has 18 heavy (non-hydrogen) atoms. The van der Waals surface area contributed by atoms with Crippen molar-refractivity contribution in [3.63, 3.8) is 0 Å². The van der Waals surface area contributed by atoms with E-state index in [9.17, 15) is 9.90 Å². The summed E-state index contributed by atoms with van der Waals surface area (Å²) in [5.74, 6) is -0.109. The van der Waals surface area contributed by atoms with Gasteiger partial charge in [-0.1, -0.05) is 18.5 Å². The lowest BCUT2D eigenvalue weighted by molar-refractivity contribution is 0.0349. The van der Waals surface area contributed by atoms with Gasteiger partial charge in [-0.15, -0.1) is 0 Å². The molecule has 0 aromatic carbocycles. The van der Waals surface area contributed by atoms with Crippen LogP contribution in [-0.2, 0) is 6.54 Å². The normalized spacial score (nSPS) is 27.8. The summed E-state index contributed by atoms with van der Waals surface area (Å²) in [6.07, 6.45) is 1.48. The molecule has 1 aliphatic heterocycles. The minimum Gasteiger partial charge on any atom is -0.388 e. The number of hydrogen-bond donors (Lipinski definition) is 1. The number of aryl methyl sites for hydroxylation is 1. The fourth-order valence-electron chi connectivity index (χ4n) is 2.25. The summed E-state index contributed by atoms with van der Waals surface area (Å²) in [5.41, 5.74) is -0.428. The van der Waals surface area contributed by atoms with E-state index in [0.717, 1.165) is 0 Å². The highest BCUT2D eigenvalue weighted by atomic mass is 35.5. The molecule has 1 amide bonds. The summed E-state index contributed by atoms with van der Waals surface area (Å²) < 4.78 is 1.59. The number of aromatic nitrogens is 2. The number of carbonyl (C=O) groups excluding carboxylic acids is 1. The average Bonchev–Trinajstić information content (AvgIpc) is 2.79. The summed E-state index contributed by atoms with van der Waals surface area (Å²) in [5, 5.41) is 14.5. The average molecular weight is 272 g/mol. The van der Waals surface area contributed by atoms with Gasteiger partial charge in [-0.25, -0.2) is 0 Å². The summed E-state index contributed by atoms with van der Waals surface area (Å²) in [6.45, 7) is 7.06. The zero-order valence-corrected chi connectivity index (χ0v) is 11.6. The zero-order chi connectivity index (χ0) is 13.5. The van der Waals surface area contributed by atoms with Gasteiger partial charge in [0.25, 0.3) is 5.91 Å². The lowest BCUT2D eigenvalue weighted by Gasteiger charge is -2.20. The molecule has 0 aliphatic carbocycles. The van der Waals surface area contributed by atoms with E-state index in [1.807, 2.05) is 13.8 Å². The second-order valence-corrected chi connectivity index (χ2v) is 5.51. The molecule has 0 radical (unpaired) electrons. The van der Waals surface area contributed by atoms with Crippen molar-refractivity contribution in [1.29, 1.82) is 0 Å². The van der Waals surface area contributed by atoms with Crippen LogP contribution in [0.4, 0.5) is 0 Å². The van der Waals surface area contributed by atoms with Gasteiger partial charge in [0, 0.05) is 25.6 Å². The van der Waals surface area contributed by atoms with Crippen molar-refractivity contribution in [2.75, 3.05) is 13.1 Å². The Kier molecular flexibility index (Phi) is 3.38. The Labute approximate surface area is 111 Å². The molecule has 6 heteroatoms. The topological polar surface area (TPSA) is 58.4 Å². The highest BCUT2D eigenvalue weighted by Gasteiger charge is 2.41. The van der Waals surface area contributed by atoms with E-state index in [4.69, 9.17) is 11.6 Å². The molecule has 2 unspecified atom stereocenters. The number of halogens is 1. The predicted octanol–water partition coefficient (Wildman–Crippen LogP) is 1.40. The SMILES string of the molecule is CCn1ncc(Cl)c1C(=O)N1CC(C)C(C)(O)C1. The van der Waals surface area contributed by atoms with Crippen LogP contribution in [0.5, 0.6) is 0 Å². The molecule has 1 fully saturated rings. The molecule has 5 nitrogen and oxygen atoms in total. The van der Waals surface area contributed by atoms with Crippen LogP contribution in [0.3, 0.4) is 0 Å². The summed E-state index contributed by atoms with van der Waals surface area (Å²) in [4.78, 5) is 14.1. The highest BCUT2D eigenvalue weighted by Crippen LogP contribution is 2.29. The smallest absolute Gasteiger partial charge is 0.273 e. The Morgan fingerprint density at radius 2 is 2.39 bits per heavy atom. The van der Waals surface area contributed by atoms with Gasteiger partial charge in [0.05, 0.1) is 16.8 Å². The Balaban J connectivity index is 2.25. The van der Waals surface area contributed by atoms with Crippen molar-refractivity contribution in [1.82, 2.24) is 14.7 Å². The number of carbonyl (C=O) groups is 1. The van der Waals surface area contributed by atoms with Gasteiger partial charge in [-0.05, 0) is 13.8 Å². The van der Waals surface area contributed by atoms with Crippen LogP contribution in [0.2, 0.25) is 5.02 Å². The van der Waals surface area contributed by atoms with Gasteiger partial charge >= 0.3 is 0 Å². The standard InChI is InChI=1S/C12H18ClN3O2/c1-4-16-10(9(13)5-14-16)11(17)15-6-8(2)12(3,18)7-15/h5,8,18H,4,6-7H2,1-3H3. The number of hydrogen-bond acceptors (Lipinski definition) is 3. The Bertz CT molecular complexity index is 470. The predicted molar refractivity (Wildman–Crippen MR) is 68.6 cm³/mol. The molecule has 0 bridgehead atoms. The number of likely N-dealkylation sites (tertiary alicyclic amines) is 1. The minimum atomic E-state index is -0.834. The maximum Gasteiger partial charge on any atom is 0.273 e. The molecule has 1 aromatic heterocycles. The fourth-order valence-corrected chi connectivity index (χ4v) is 2.48. The van der Waals surface area contributed by atoms with Gasteiger partial charge in [0.2, 0.25) is 0 Å². The molecule has 100 valence electrons. The van der Waals surface area contributed by atoms with Gasteiger partial charge in [0.1, 0.15) is 5.69 Å². The zero-order valence-electron chi connectivity index (χ0n) is 10.9. The lowest BCUT2D eigenvalue weighted by atomic mass is 9.95. The Morgan fingerprint density at radius 1 is 1.72 bits per heavy atom. The number of nitrogens with zero attached hydrogens (tertiary/aromatic N) is 3. The number of amides is 1. The van der Waals surface area contributed by atoms with E-state index in [2.05, 4.69) is 5.10 Å². The maximum atomic E-state index is 12.4. The first-order chi connectivity index (χ1) is 8.36. The first-order valence-electron chi connectivity index (χ1n) is 6.09. The highest BCUT2D eigenvalue weighted by molar-refractivity contribution is 6.33. The van der Waals surface area contributed by atoms with E-state index >= 15 is 0 Å². The molecule has 2 rings (SSSR count). The summed E-state index contributed by atoms with van der Waals surface area (Å²) >= 11 is 6.01. The molecular formula is C12H18ClN3O2. The molecule has 2 heterocycles. The van der Waals surface area contributed by atoms with Crippen molar-refractivity contribution in [2.45, 2.75) is 32.9 Å². The van der Waals surface area contributed by atoms with Crippen molar-refractivity contribution in [3.8, 4) is 0 Å². The van der Waals surface area contributed by atoms with E-state index in [1.54, 1.807) is 16.5 Å². The summed E-state index contributed by atoms with van der Waals surface area (Å²) in [6, 6.07) is 0. The third kappa shape index (κ3) is 2.12. The molecule has 1 saturated heterocycles. The third-order valence-corrected chi connectivity index (χ3v) is 3.93. The van der Waals surface area contributed by atoms with Gasteiger partial charge < -0.3 is 10.0 Å². The monoisotopic (exact) mass is 271 g/mol. The molecular weight excluding hydrogens is 254 g/mol. The van der Waals surface area contributed by atoms with Gasteiger partial charge in [0.15, 0.2) is 0 Å². The molecule has 2 atom stereocenters. The van der Waals surface area contributed by atoms with Crippen LogP contribution in [-0.4, -0.2) is 44.4 Å². The van der Waals surface area contributed by atoms with Crippen LogP contribution in [0.25, 0.3) is 0 Å². The quantitative estimate of drug-likeness (QED) is 0.885. The first-order valence-corrected chi connectivity index (χ1v) is 6.47. The van der Waals surface area contributed by atoms with Crippen molar-refractivity contribution >= 4 is 17.5 Å². The number of β-amino-alcohol motifs (C(OH)–C–C–N with tert-alkyl or cyclic N) is 1. The van der Waals surface area contributed by atoms with Gasteiger partial charge in [-0.2, -0.15) is 5.10 Å². The summed E-state index contributed by atoms with van der Waals surface area (Å²) in [7, 11) is 0. The second kappa shape index (κ2) is 4.55. The van der Waals surface area contributed by atoms with Crippen LogP contribution < -0.4 is 0 Å². The van der Waals surface area contributed by atoms with E-state index < -0.39 is 5.60 Å². The molecule has 0 spiro atoms. The van der Waals surface area contributed by atoms with Crippen molar-refractivity contribution in [3.05, 3.63) is 16.9 Å². The maximum absolute atomic E-state index is 12.4. The van der Waals surface area contributed by atoms with E-state index in [0.29, 0.717) is 30.4 Å². The minimum absolute atomic E-state index is 0.0539. The number of rotatable bonds is 2. The second-order valence-electron chi connectivity index (χ2n) is 5.10. The van der Waals surface area contributed by atoms with Crippen molar-refractivity contribution in [2.24, 2.45) is 5.92 Å². The van der Waals surface area contributed by atoms with Gasteiger partial charge in [-0.3, -0.25) is 9.48 Å². The van der Waals surface area contributed by atoms with Crippen LogP contribution in [0.15, 0.2) is 6.20 Å². The van der Waals surface area contributed by atoms with Crippen LogP contribution >= 0.6 is 11.6 Å². The molecule has 1 aromatic rings. The Hall–Kier alpha value is -1.07. The number of aliphatic hydroxyl groups is 1. The first kappa shape index (κ1) is 13.4. The fraction of sp³-hybridized carbons (Fsp3) is 0.667. The largest absolute Gasteiger partial charge is 0.388 e. The van der Waals surface area contributed by atoms with Crippen LogP contribution in [0.1, 0.15) is 31.3 Å². The van der Waals surface area contributed by atoms with Crippen LogP contribution in [0, 0.1) is 5.92 Å². The molecule has 1 N–H and O–H groups in total.